The molecule has 4 nitrogen and oxygen atoms in total. The summed E-state index contributed by atoms with van der Waals surface area (Å²) in [4.78, 5) is 11.0. The highest BCUT2D eigenvalue weighted by molar-refractivity contribution is 8.13. The van der Waals surface area contributed by atoms with Crippen molar-refractivity contribution < 1.29 is 17.2 Å². The predicted molar refractivity (Wildman–Crippen MR) is 62.1 cm³/mol. The Morgan fingerprint density at radius 3 is 2.33 bits per heavy atom. The molecule has 0 N–H and O–H groups in total. The number of fused-ring (bicyclic) bond motifs is 1. The van der Waals surface area contributed by atoms with Crippen LogP contribution in [0.1, 0.15) is 0 Å². The Balaban J connectivity index is 3.15. The van der Waals surface area contributed by atoms with Gasteiger partial charge >= 0.3 is 0 Å². The molecule has 0 aliphatic carbocycles. The third-order valence-electron chi connectivity index (χ3n) is 2.45. The second-order valence-corrected chi connectivity index (χ2v) is 6.16. The molecule has 0 unspecified atom stereocenters. The predicted octanol–water partition coefficient (Wildman–Crippen LogP) is 1.74. The minimum Gasteiger partial charge on any atom is -0.346 e. The Kier molecular flexibility index (Phi) is 2.90. The van der Waals surface area contributed by atoms with E-state index in [9.17, 15) is 22.0 Å². The second kappa shape index (κ2) is 4.03. The Hall–Kier alpha value is -1.47. The molecule has 0 saturated carbocycles. The number of halogens is 3. The molecule has 0 atom stereocenters. The van der Waals surface area contributed by atoms with Crippen molar-refractivity contribution in [1.29, 1.82) is 0 Å². The third-order valence-corrected chi connectivity index (χ3v) is 3.77. The van der Waals surface area contributed by atoms with E-state index in [-0.39, 0.29) is 5.52 Å². The molecule has 96 valence electrons. The molecule has 1 heterocycles. The molecule has 18 heavy (non-hydrogen) atoms. The van der Waals surface area contributed by atoms with Crippen molar-refractivity contribution in [3.63, 3.8) is 0 Å². The van der Waals surface area contributed by atoms with E-state index in [1.54, 1.807) is 0 Å². The van der Waals surface area contributed by atoms with E-state index in [1.165, 1.54) is 7.05 Å². The van der Waals surface area contributed by atoms with Gasteiger partial charge in [0, 0.05) is 23.9 Å². The van der Waals surface area contributed by atoms with Gasteiger partial charge in [0.1, 0.15) is 16.5 Å². The molecule has 2 aromatic rings. The summed E-state index contributed by atoms with van der Waals surface area (Å²) in [6.45, 7) is 0. The number of benzene rings is 1. The van der Waals surface area contributed by atoms with E-state index in [1.807, 2.05) is 0 Å². The molecule has 0 amide bonds. The standard InChI is InChI=1S/C10H6ClF2NO3S/c1-14-4-7(18(11,16)17)10(15)8-5(12)2-3-6(13)9(8)14/h2-4H,1H3. The number of pyridine rings is 1. The van der Waals surface area contributed by atoms with E-state index in [0.29, 0.717) is 0 Å². The smallest absolute Gasteiger partial charge is 0.266 e. The quantitative estimate of drug-likeness (QED) is 0.753. The van der Waals surface area contributed by atoms with Crippen molar-refractivity contribution in [2.45, 2.75) is 4.90 Å². The maximum Gasteiger partial charge on any atom is 0.266 e. The topological polar surface area (TPSA) is 56.1 Å². The molecular weight excluding hydrogens is 288 g/mol. The molecule has 1 aromatic carbocycles. The molecule has 0 radical (unpaired) electrons. The van der Waals surface area contributed by atoms with Crippen LogP contribution < -0.4 is 5.43 Å². The lowest BCUT2D eigenvalue weighted by molar-refractivity contribution is 0.602. The van der Waals surface area contributed by atoms with Crippen LogP contribution in [0.5, 0.6) is 0 Å². The fourth-order valence-corrected chi connectivity index (χ4v) is 2.64. The highest BCUT2D eigenvalue weighted by Gasteiger charge is 2.21. The van der Waals surface area contributed by atoms with Gasteiger partial charge in [0.2, 0.25) is 5.43 Å². The van der Waals surface area contributed by atoms with Gasteiger partial charge in [0.25, 0.3) is 9.05 Å². The summed E-state index contributed by atoms with van der Waals surface area (Å²) >= 11 is 0. The number of rotatable bonds is 1. The van der Waals surface area contributed by atoms with Gasteiger partial charge in [0.05, 0.1) is 10.9 Å². The number of aryl methyl sites for hydroxylation is 1. The Morgan fingerprint density at radius 1 is 1.22 bits per heavy atom. The van der Waals surface area contributed by atoms with Crippen LogP contribution >= 0.6 is 10.7 Å². The normalized spacial score (nSPS) is 12.0. The molecular formula is C10H6ClF2NO3S. The fourth-order valence-electron chi connectivity index (χ4n) is 1.70. The fraction of sp³-hybridized carbons (Fsp3) is 0.100. The number of hydrogen-bond acceptors (Lipinski definition) is 3. The second-order valence-electron chi connectivity index (χ2n) is 3.62. The minimum absolute atomic E-state index is 0.316. The van der Waals surface area contributed by atoms with Crippen molar-refractivity contribution >= 4 is 30.6 Å². The molecule has 0 saturated heterocycles. The molecule has 0 spiro atoms. The third kappa shape index (κ3) is 1.89. The lowest BCUT2D eigenvalue weighted by Gasteiger charge is -2.08. The summed E-state index contributed by atoms with van der Waals surface area (Å²) in [5, 5.41) is -0.640. The van der Waals surface area contributed by atoms with Crippen LogP contribution in [-0.2, 0) is 16.1 Å². The highest BCUT2D eigenvalue weighted by atomic mass is 35.7. The van der Waals surface area contributed by atoms with Crippen molar-refractivity contribution in [2.75, 3.05) is 0 Å². The van der Waals surface area contributed by atoms with Crippen LogP contribution in [0, 0.1) is 11.6 Å². The Labute approximate surface area is 105 Å². The van der Waals surface area contributed by atoms with Crippen LogP contribution in [0.15, 0.2) is 28.0 Å². The van der Waals surface area contributed by atoms with Gasteiger partial charge in [0.15, 0.2) is 0 Å². The van der Waals surface area contributed by atoms with Crippen LogP contribution in [0.25, 0.3) is 10.9 Å². The van der Waals surface area contributed by atoms with Gasteiger partial charge < -0.3 is 4.57 Å². The van der Waals surface area contributed by atoms with Crippen molar-refractivity contribution in [1.82, 2.24) is 4.57 Å². The lowest BCUT2D eigenvalue weighted by atomic mass is 10.2. The van der Waals surface area contributed by atoms with E-state index in [0.717, 1.165) is 22.9 Å². The Morgan fingerprint density at radius 2 is 1.78 bits per heavy atom. The molecule has 0 fully saturated rings. The molecule has 0 aliphatic rings. The Bertz CT molecular complexity index is 814. The zero-order chi connectivity index (χ0) is 13.7. The van der Waals surface area contributed by atoms with Crippen molar-refractivity contribution in [3.05, 3.63) is 40.2 Å². The average molecular weight is 294 g/mol. The minimum atomic E-state index is -4.33. The van der Waals surface area contributed by atoms with Gasteiger partial charge in [-0.3, -0.25) is 4.79 Å². The SMILES string of the molecule is Cn1cc(S(=O)(=O)Cl)c(=O)c2c(F)ccc(F)c21. The van der Waals surface area contributed by atoms with Gasteiger partial charge in [-0.15, -0.1) is 0 Å². The molecule has 8 heteroatoms. The summed E-state index contributed by atoms with van der Waals surface area (Å²) < 4.78 is 50.5. The van der Waals surface area contributed by atoms with E-state index in [2.05, 4.69) is 0 Å². The number of hydrogen-bond donors (Lipinski definition) is 0. The lowest BCUT2D eigenvalue weighted by Crippen LogP contribution is -2.17. The summed E-state index contributed by atoms with van der Waals surface area (Å²) in [5.74, 6) is -1.83. The largest absolute Gasteiger partial charge is 0.346 e. The number of aromatic nitrogens is 1. The highest BCUT2D eigenvalue weighted by Crippen LogP contribution is 2.21. The first-order valence-corrected chi connectivity index (χ1v) is 6.96. The van der Waals surface area contributed by atoms with E-state index < -0.39 is 36.4 Å². The van der Waals surface area contributed by atoms with Crippen molar-refractivity contribution in [3.8, 4) is 0 Å². The maximum absolute atomic E-state index is 13.6. The van der Waals surface area contributed by atoms with Crippen LogP contribution in [0.3, 0.4) is 0 Å². The zero-order valence-electron chi connectivity index (χ0n) is 8.95. The van der Waals surface area contributed by atoms with Gasteiger partial charge in [-0.1, -0.05) is 0 Å². The van der Waals surface area contributed by atoms with E-state index >= 15 is 0 Å². The first-order valence-electron chi connectivity index (χ1n) is 4.65. The monoisotopic (exact) mass is 293 g/mol. The summed E-state index contributed by atoms with van der Waals surface area (Å²) in [5.41, 5.74) is -1.47. The van der Waals surface area contributed by atoms with Crippen LogP contribution in [-0.4, -0.2) is 13.0 Å². The first kappa shape index (κ1) is 13.0. The molecule has 0 aliphatic heterocycles. The summed E-state index contributed by atoms with van der Waals surface area (Å²) in [6, 6.07) is 1.61. The van der Waals surface area contributed by atoms with Gasteiger partial charge in [-0.25, -0.2) is 17.2 Å². The van der Waals surface area contributed by atoms with Gasteiger partial charge in [-0.05, 0) is 12.1 Å². The maximum atomic E-state index is 13.6. The summed E-state index contributed by atoms with van der Waals surface area (Å²) in [7, 11) is 2.03. The van der Waals surface area contributed by atoms with Crippen LogP contribution in [0.4, 0.5) is 8.78 Å². The molecule has 0 bridgehead atoms. The first-order chi connectivity index (χ1) is 8.23. The van der Waals surface area contributed by atoms with Crippen LogP contribution in [0.2, 0.25) is 0 Å². The average Bonchev–Trinajstić information content (AvgIpc) is 2.25. The molecule has 1 aromatic heterocycles. The van der Waals surface area contributed by atoms with E-state index in [4.69, 9.17) is 10.7 Å². The number of nitrogens with zero attached hydrogens (tertiary/aromatic N) is 1. The summed E-state index contributed by atoms with van der Waals surface area (Å²) in [6.07, 6.45) is 0.857. The molecule has 2 rings (SSSR count). The van der Waals surface area contributed by atoms with Crippen molar-refractivity contribution in [2.24, 2.45) is 7.05 Å². The zero-order valence-corrected chi connectivity index (χ0v) is 10.5. The van der Waals surface area contributed by atoms with Gasteiger partial charge in [-0.2, -0.15) is 0 Å².